The predicted octanol–water partition coefficient (Wildman–Crippen LogP) is 4.01. The molecule has 1 aromatic carbocycles. The van der Waals surface area contributed by atoms with E-state index < -0.39 is 11.6 Å². The van der Waals surface area contributed by atoms with Gasteiger partial charge in [0, 0.05) is 24.1 Å². The van der Waals surface area contributed by atoms with Crippen LogP contribution in [-0.2, 0) is 6.54 Å². The molecule has 3 rings (SSSR count). The Bertz CT molecular complexity index is 644. The van der Waals surface area contributed by atoms with E-state index in [-0.39, 0.29) is 12.1 Å². The molecule has 6 heteroatoms. The first-order chi connectivity index (χ1) is 9.61. The third-order valence-corrected chi connectivity index (χ3v) is 3.53. The van der Waals surface area contributed by atoms with Crippen LogP contribution in [-0.4, -0.2) is 9.97 Å². The first-order valence-electron chi connectivity index (χ1n) is 6.34. The minimum Gasteiger partial charge on any atom is -0.366 e. The average Bonchev–Trinajstić information content (AvgIpc) is 3.23. The molecule has 1 aliphatic rings. The summed E-state index contributed by atoms with van der Waals surface area (Å²) in [5, 5.41) is 3.01. The smallest absolute Gasteiger partial charge is 0.135 e. The van der Waals surface area contributed by atoms with Gasteiger partial charge in [-0.15, -0.1) is 0 Å². The molecule has 1 N–H and O–H groups in total. The van der Waals surface area contributed by atoms with Gasteiger partial charge in [0.1, 0.15) is 27.9 Å². The molecule has 0 amide bonds. The fourth-order valence-electron chi connectivity index (χ4n) is 1.91. The van der Waals surface area contributed by atoms with E-state index in [1.807, 2.05) is 0 Å². The van der Waals surface area contributed by atoms with Crippen molar-refractivity contribution in [2.75, 3.05) is 5.32 Å². The fourth-order valence-corrected chi connectivity index (χ4v) is 2.31. The summed E-state index contributed by atoms with van der Waals surface area (Å²) >= 11 is 3.34. The molecule has 1 saturated carbocycles. The fraction of sp³-hybridized carbons (Fsp3) is 0.286. The average molecular weight is 340 g/mol. The normalized spacial score (nSPS) is 14.3. The van der Waals surface area contributed by atoms with Gasteiger partial charge >= 0.3 is 0 Å². The summed E-state index contributed by atoms with van der Waals surface area (Å²) in [6.07, 6.45) is 2.21. The number of anilines is 1. The number of benzene rings is 1. The summed E-state index contributed by atoms with van der Waals surface area (Å²) in [4.78, 5) is 8.71. The van der Waals surface area contributed by atoms with Crippen molar-refractivity contribution >= 4 is 21.7 Å². The van der Waals surface area contributed by atoms with E-state index in [9.17, 15) is 8.78 Å². The van der Waals surface area contributed by atoms with Crippen molar-refractivity contribution in [1.82, 2.24) is 9.97 Å². The second-order valence-electron chi connectivity index (χ2n) is 4.80. The Morgan fingerprint density at radius 2 is 2.00 bits per heavy atom. The number of hydrogen-bond acceptors (Lipinski definition) is 3. The van der Waals surface area contributed by atoms with Gasteiger partial charge in [0.15, 0.2) is 0 Å². The maximum Gasteiger partial charge on any atom is 0.135 e. The lowest BCUT2D eigenvalue weighted by Gasteiger charge is -2.08. The van der Waals surface area contributed by atoms with Crippen molar-refractivity contribution in [2.24, 2.45) is 0 Å². The van der Waals surface area contributed by atoms with Crippen LogP contribution in [0.25, 0.3) is 0 Å². The summed E-state index contributed by atoms with van der Waals surface area (Å²) in [7, 11) is 0. The zero-order valence-electron chi connectivity index (χ0n) is 10.5. The van der Waals surface area contributed by atoms with Gasteiger partial charge in [0.2, 0.25) is 0 Å². The third-order valence-electron chi connectivity index (χ3n) is 3.12. The van der Waals surface area contributed by atoms with Gasteiger partial charge in [-0.05, 0) is 47.0 Å². The van der Waals surface area contributed by atoms with Gasteiger partial charge in [-0.3, -0.25) is 0 Å². The van der Waals surface area contributed by atoms with Crippen LogP contribution in [0.15, 0.2) is 28.9 Å². The maximum absolute atomic E-state index is 13.5. The Morgan fingerprint density at radius 3 is 2.75 bits per heavy atom. The molecular weight excluding hydrogens is 328 g/mol. The minimum absolute atomic E-state index is 0.178. The molecule has 0 aliphatic heterocycles. The zero-order valence-corrected chi connectivity index (χ0v) is 12.1. The Balaban J connectivity index is 1.76. The molecule has 104 valence electrons. The number of rotatable bonds is 4. The van der Waals surface area contributed by atoms with Crippen LogP contribution < -0.4 is 5.32 Å². The molecular formula is C14H12BrF2N3. The number of aromatic nitrogens is 2. The predicted molar refractivity (Wildman–Crippen MR) is 75.4 cm³/mol. The van der Waals surface area contributed by atoms with E-state index in [0.717, 1.165) is 30.8 Å². The van der Waals surface area contributed by atoms with Crippen molar-refractivity contribution in [3.63, 3.8) is 0 Å². The lowest BCUT2D eigenvalue weighted by molar-refractivity contribution is 0.587. The summed E-state index contributed by atoms with van der Waals surface area (Å²) in [6.45, 7) is 0.178. The maximum atomic E-state index is 13.5. The van der Waals surface area contributed by atoms with Gasteiger partial charge in [0.25, 0.3) is 0 Å². The van der Waals surface area contributed by atoms with Crippen LogP contribution in [0.3, 0.4) is 0 Å². The van der Waals surface area contributed by atoms with Crippen molar-refractivity contribution in [2.45, 2.75) is 25.3 Å². The Morgan fingerprint density at radius 1 is 1.20 bits per heavy atom. The second kappa shape index (κ2) is 5.44. The summed E-state index contributed by atoms with van der Waals surface area (Å²) in [5.74, 6) is 0.943. The van der Waals surface area contributed by atoms with E-state index in [2.05, 4.69) is 31.2 Å². The first kappa shape index (κ1) is 13.4. The first-order valence-corrected chi connectivity index (χ1v) is 7.13. The highest BCUT2D eigenvalue weighted by atomic mass is 79.9. The molecule has 0 atom stereocenters. The van der Waals surface area contributed by atoms with E-state index in [0.29, 0.717) is 16.3 Å². The molecule has 0 unspecified atom stereocenters. The van der Waals surface area contributed by atoms with E-state index in [4.69, 9.17) is 0 Å². The number of hydrogen-bond donors (Lipinski definition) is 1. The van der Waals surface area contributed by atoms with Crippen LogP contribution in [0.4, 0.5) is 14.6 Å². The Labute approximate surface area is 123 Å². The van der Waals surface area contributed by atoms with Gasteiger partial charge in [0.05, 0.1) is 0 Å². The molecule has 0 spiro atoms. The monoisotopic (exact) mass is 339 g/mol. The number of halogens is 3. The van der Waals surface area contributed by atoms with Crippen LogP contribution in [0.1, 0.15) is 30.1 Å². The van der Waals surface area contributed by atoms with E-state index in [1.165, 1.54) is 6.07 Å². The summed E-state index contributed by atoms with van der Waals surface area (Å²) < 4.78 is 27.3. The summed E-state index contributed by atoms with van der Waals surface area (Å²) in [6, 6.07) is 5.13. The lowest BCUT2D eigenvalue weighted by atomic mass is 10.2. The van der Waals surface area contributed by atoms with E-state index in [1.54, 1.807) is 6.07 Å². The van der Waals surface area contributed by atoms with Crippen molar-refractivity contribution < 1.29 is 8.78 Å². The van der Waals surface area contributed by atoms with Crippen molar-refractivity contribution in [1.29, 1.82) is 0 Å². The highest BCUT2D eigenvalue weighted by Crippen LogP contribution is 2.38. The van der Waals surface area contributed by atoms with Gasteiger partial charge in [-0.1, -0.05) is 0 Å². The summed E-state index contributed by atoms with van der Waals surface area (Å²) in [5.41, 5.74) is 0.271. The molecule has 1 fully saturated rings. The van der Waals surface area contributed by atoms with E-state index >= 15 is 0 Å². The zero-order chi connectivity index (χ0) is 14.1. The largest absolute Gasteiger partial charge is 0.366 e. The van der Waals surface area contributed by atoms with Crippen molar-refractivity contribution in [3.05, 3.63) is 51.9 Å². The Kier molecular flexibility index (Phi) is 3.65. The van der Waals surface area contributed by atoms with Crippen molar-refractivity contribution in [3.8, 4) is 0 Å². The Hall–Kier alpha value is -1.56. The van der Waals surface area contributed by atoms with Gasteiger partial charge in [-0.2, -0.15) is 0 Å². The topological polar surface area (TPSA) is 37.8 Å². The molecule has 20 heavy (non-hydrogen) atoms. The molecule has 1 aromatic heterocycles. The van der Waals surface area contributed by atoms with Gasteiger partial charge in [-0.25, -0.2) is 18.7 Å². The van der Waals surface area contributed by atoms with Crippen LogP contribution in [0.2, 0.25) is 0 Å². The second-order valence-corrected chi connectivity index (χ2v) is 5.61. The number of nitrogens with zero attached hydrogens (tertiary/aromatic N) is 2. The molecule has 1 heterocycles. The van der Waals surface area contributed by atoms with Crippen LogP contribution in [0, 0.1) is 11.6 Å². The molecule has 0 bridgehead atoms. The SMILES string of the molecule is Fc1ccc(F)c(CNc2cc(Br)nc(C3CC3)n2)c1. The number of nitrogens with one attached hydrogen (secondary N) is 1. The highest BCUT2D eigenvalue weighted by molar-refractivity contribution is 9.10. The molecule has 0 saturated heterocycles. The molecule has 2 aromatic rings. The van der Waals surface area contributed by atoms with Gasteiger partial charge < -0.3 is 5.32 Å². The molecule has 3 nitrogen and oxygen atoms in total. The highest BCUT2D eigenvalue weighted by Gasteiger charge is 2.27. The standard InChI is InChI=1S/C14H12BrF2N3/c15-12-6-13(20-14(19-12)8-1-2-8)18-7-9-5-10(16)3-4-11(9)17/h3-6,8H,1-2,7H2,(H,18,19,20). The minimum atomic E-state index is -0.453. The molecule has 0 radical (unpaired) electrons. The quantitative estimate of drug-likeness (QED) is 0.855. The molecule has 1 aliphatic carbocycles. The third kappa shape index (κ3) is 3.12. The van der Waals surface area contributed by atoms with Crippen LogP contribution in [0.5, 0.6) is 0 Å². The van der Waals surface area contributed by atoms with Crippen LogP contribution >= 0.6 is 15.9 Å². The lowest BCUT2D eigenvalue weighted by Crippen LogP contribution is -2.06.